The van der Waals surface area contributed by atoms with E-state index in [1.165, 1.54) is 0 Å². The van der Waals surface area contributed by atoms with Gasteiger partial charge in [-0.05, 0) is 27.8 Å². The van der Waals surface area contributed by atoms with Crippen molar-refractivity contribution in [3.63, 3.8) is 0 Å². The summed E-state index contributed by atoms with van der Waals surface area (Å²) >= 11 is 0. The molecule has 2 rings (SSSR count). The van der Waals surface area contributed by atoms with Crippen molar-refractivity contribution in [1.29, 1.82) is 5.26 Å². The second-order valence-electron chi connectivity index (χ2n) is 7.03. The molecule has 1 atom stereocenters. The van der Waals surface area contributed by atoms with E-state index < -0.39 is 5.60 Å². The lowest BCUT2D eigenvalue weighted by atomic mass is 10.0. The Morgan fingerprint density at radius 1 is 1.29 bits per heavy atom. The molecule has 0 aromatic rings. The number of hydrogen-bond acceptors (Lipinski definition) is 5. The summed E-state index contributed by atoms with van der Waals surface area (Å²) < 4.78 is 5.37. The largest absolute Gasteiger partial charge is 0.444 e. The molecule has 2 fully saturated rings. The van der Waals surface area contributed by atoms with Crippen LogP contribution in [0.25, 0.3) is 0 Å². The highest BCUT2D eigenvalue weighted by Gasteiger charge is 2.39. The lowest BCUT2D eigenvalue weighted by molar-refractivity contribution is -0.0308. The Kier molecular flexibility index (Phi) is 4.74. The zero-order valence-corrected chi connectivity index (χ0v) is 13.5. The van der Waals surface area contributed by atoms with Gasteiger partial charge in [-0.3, -0.25) is 9.80 Å². The Morgan fingerprint density at radius 2 is 1.95 bits per heavy atom. The number of hydrogen-bond donors (Lipinski definition) is 0. The van der Waals surface area contributed by atoms with Gasteiger partial charge in [0.05, 0.1) is 12.5 Å². The van der Waals surface area contributed by atoms with E-state index in [1.807, 2.05) is 20.8 Å². The zero-order valence-electron chi connectivity index (χ0n) is 13.5. The van der Waals surface area contributed by atoms with Crippen LogP contribution in [0.2, 0.25) is 0 Å². The minimum absolute atomic E-state index is 0.221. The highest BCUT2D eigenvalue weighted by Crippen LogP contribution is 2.22. The van der Waals surface area contributed by atoms with Gasteiger partial charge in [-0.25, -0.2) is 4.79 Å². The van der Waals surface area contributed by atoms with Gasteiger partial charge < -0.3 is 9.64 Å². The van der Waals surface area contributed by atoms with E-state index in [1.54, 1.807) is 4.90 Å². The van der Waals surface area contributed by atoms with E-state index in [9.17, 15) is 4.79 Å². The SMILES string of the molecule is CN1CCN(C2CN(C(=O)OC(C)(C)C)C2)CC1CC#N. The first kappa shape index (κ1) is 16.1. The predicted molar refractivity (Wildman–Crippen MR) is 79.8 cm³/mol. The van der Waals surface area contributed by atoms with Gasteiger partial charge in [0, 0.05) is 44.8 Å². The monoisotopic (exact) mass is 294 g/mol. The molecule has 0 aromatic carbocycles. The van der Waals surface area contributed by atoms with E-state index in [0.717, 1.165) is 32.7 Å². The topological polar surface area (TPSA) is 59.8 Å². The normalized spacial score (nSPS) is 25.3. The smallest absolute Gasteiger partial charge is 0.410 e. The number of rotatable bonds is 2. The third kappa shape index (κ3) is 4.08. The van der Waals surface area contributed by atoms with Gasteiger partial charge in [0.25, 0.3) is 0 Å². The number of ether oxygens (including phenoxy) is 1. The Bertz CT molecular complexity index is 420. The standard InChI is InChI=1S/C15H26N4O2/c1-15(2,3)21-14(20)19-10-13(11-19)18-8-7-17(4)12(9-18)5-6-16/h12-13H,5,7-11H2,1-4H3. The Balaban J connectivity index is 1.79. The molecule has 1 unspecified atom stereocenters. The minimum atomic E-state index is -0.437. The first-order valence-electron chi connectivity index (χ1n) is 7.59. The summed E-state index contributed by atoms with van der Waals surface area (Å²) in [7, 11) is 2.08. The fourth-order valence-corrected chi connectivity index (χ4v) is 2.79. The molecule has 0 saturated carbocycles. The number of likely N-dealkylation sites (tertiary alicyclic amines) is 1. The fraction of sp³-hybridized carbons (Fsp3) is 0.867. The van der Waals surface area contributed by atoms with Crippen LogP contribution in [-0.4, -0.2) is 78.2 Å². The van der Waals surface area contributed by atoms with Gasteiger partial charge in [0.2, 0.25) is 0 Å². The molecule has 21 heavy (non-hydrogen) atoms. The molecule has 6 heteroatoms. The number of nitrogens with zero attached hydrogens (tertiary/aromatic N) is 4. The molecule has 2 saturated heterocycles. The van der Waals surface area contributed by atoms with Crippen LogP contribution in [0.1, 0.15) is 27.2 Å². The zero-order chi connectivity index (χ0) is 15.6. The summed E-state index contributed by atoms with van der Waals surface area (Å²) in [4.78, 5) is 18.3. The molecule has 6 nitrogen and oxygen atoms in total. The van der Waals surface area contributed by atoms with Crippen LogP contribution in [0.4, 0.5) is 4.79 Å². The van der Waals surface area contributed by atoms with E-state index in [4.69, 9.17) is 10.00 Å². The quantitative estimate of drug-likeness (QED) is 0.764. The average molecular weight is 294 g/mol. The molecule has 0 spiro atoms. The van der Waals surface area contributed by atoms with Crippen LogP contribution < -0.4 is 0 Å². The third-order valence-corrected chi connectivity index (χ3v) is 4.17. The van der Waals surface area contributed by atoms with Gasteiger partial charge in [0.15, 0.2) is 0 Å². The summed E-state index contributed by atoms with van der Waals surface area (Å²) in [5.74, 6) is 0. The Morgan fingerprint density at radius 3 is 2.52 bits per heavy atom. The number of likely N-dealkylation sites (N-methyl/N-ethyl adjacent to an activating group) is 1. The fourth-order valence-electron chi connectivity index (χ4n) is 2.79. The molecule has 0 N–H and O–H groups in total. The highest BCUT2D eigenvalue weighted by atomic mass is 16.6. The molecule has 1 amide bonds. The molecule has 0 bridgehead atoms. The highest BCUT2D eigenvalue weighted by molar-refractivity contribution is 5.69. The number of piperazine rings is 1. The van der Waals surface area contributed by atoms with Gasteiger partial charge in [-0.1, -0.05) is 0 Å². The second kappa shape index (κ2) is 6.20. The van der Waals surface area contributed by atoms with Crippen LogP contribution in [0.15, 0.2) is 0 Å². The predicted octanol–water partition coefficient (Wildman–Crippen LogP) is 1.14. The molecule has 2 aliphatic rings. The van der Waals surface area contributed by atoms with Crippen molar-refractivity contribution in [3.8, 4) is 6.07 Å². The van der Waals surface area contributed by atoms with Crippen molar-refractivity contribution >= 4 is 6.09 Å². The van der Waals surface area contributed by atoms with E-state index in [0.29, 0.717) is 18.5 Å². The molecular formula is C15H26N4O2. The maximum atomic E-state index is 11.9. The van der Waals surface area contributed by atoms with Crippen molar-refractivity contribution in [2.24, 2.45) is 0 Å². The molecule has 0 aromatic heterocycles. The maximum absolute atomic E-state index is 11.9. The number of carbonyl (C=O) groups is 1. The Hall–Kier alpha value is -1.32. The summed E-state index contributed by atoms with van der Waals surface area (Å²) in [6, 6.07) is 2.98. The first-order valence-corrected chi connectivity index (χ1v) is 7.59. The summed E-state index contributed by atoms with van der Waals surface area (Å²) in [5, 5.41) is 8.89. The van der Waals surface area contributed by atoms with Crippen molar-refractivity contribution < 1.29 is 9.53 Å². The van der Waals surface area contributed by atoms with Crippen LogP contribution >= 0.6 is 0 Å². The molecule has 0 radical (unpaired) electrons. The van der Waals surface area contributed by atoms with Crippen LogP contribution in [0.5, 0.6) is 0 Å². The van der Waals surface area contributed by atoms with Crippen molar-refractivity contribution in [1.82, 2.24) is 14.7 Å². The van der Waals surface area contributed by atoms with Crippen LogP contribution in [0, 0.1) is 11.3 Å². The van der Waals surface area contributed by atoms with Gasteiger partial charge in [0.1, 0.15) is 5.60 Å². The number of carbonyl (C=O) groups excluding carboxylic acids is 1. The van der Waals surface area contributed by atoms with Crippen molar-refractivity contribution in [3.05, 3.63) is 0 Å². The number of nitriles is 1. The average Bonchev–Trinajstić information content (AvgIpc) is 2.29. The van der Waals surface area contributed by atoms with Crippen molar-refractivity contribution in [2.75, 3.05) is 39.8 Å². The van der Waals surface area contributed by atoms with Gasteiger partial charge in [-0.2, -0.15) is 5.26 Å². The molecular weight excluding hydrogens is 268 g/mol. The molecule has 0 aliphatic carbocycles. The lowest BCUT2D eigenvalue weighted by Gasteiger charge is -2.49. The van der Waals surface area contributed by atoms with Gasteiger partial charge in [-0.15, -0.1) is 0 Å². The van der Waals surface area contributed by atoms with Gasteiger partial charge >= 0.3 is 6.09 Å². The summed E-state index contributed by atoms with van der Waals surface area (Å²) in [6.45, 7) is 10.0. The minimum Gasteiger partial charge on any atom is -0.444 e. The molecule has 2 heterocycles. The van der Waals surface area contributed by atoms with E-state index in [-0.39, 0.29) is 6.09 Å². The van der Waals surface area contributed by atoms with Crippen LogP contribution in [0.3, 0.4) is 0 Å². The third-order valence-electron chi connectivity index (χ3n) is 4.17. The lowest BCUT2D eigenvalue weighted by Crippen LogP contribution is -2.65. The molecule has 2 aliphatic heterocycles. The second-order valence-corrected chi connectivity index (χ2v) is 7.03. The number of amides is 1. The van der Waals surface area contributed by atoms with E-state index in [2.05, 4.69) is 22.9 Å². The molecule has 118 valence electrons. The van der Waals surface area contributed by atoms with Crippen molar-refractivity contribution in [2.45, 2.75) is 44.9 Å². The summed E-state index contributed by atoms with van der Waals surface area (Å²) in [6.07, 6.45) is 0.344. The maximum Gasteiger partial charge on any atom is 0.410 e. The summed E-state index contributed by atoms with van der Waals surface area (Å²) in [5.41, 5.74) is -0.437. The van der Waals surface area contributed by atoms with Crippen LogP contribution in [-0.2, 0) is 4.74 Å². The first-order chi connectivity index (χ1) is 9.80. The van der Waals surface area contributed by atoms with E-state index >= 15 is 0 Å². The Labute approximate surface area is 127 Å².